The molecule has 1 N–H and O–H groups in total. The van der Waals surface area contributed by atoms with Crippen LogP contribution in [-0.2, 0) is 0 Å². The summed E-state index contributed by atoms with van der Waals surface area (Å²) in [7, 11) is 1.91. The van der Waals surface area contributed by atoms with Gasteiger partial charge in [-0.05, 0) is 47.9 Å². The highest BCUT2D eigenvalue weighted by atomic mass is 14.8. The molecule has 1 nitrogen and oxygen atoms in total. The van der Waals surface area contributed by atoms with Crippen LogP contribution in [-0.4, -0.2) is 7.05 Å². The van der Waals surface area contributed by atoms with E-state index in [1.54, 1.807) is 0 Å². The SMILES string of the molecule is C=C1C(=C)C(C)=CC2=C=C1C=CC(NC)=C2. The van der Waals surface area contributed by atoms with E-state index in [9.17, 15) is 0 Å². The minimum Gasteiger partial charge on any atom is -0.388 e. The molecule has 0 amide bonds. The molecule has 0 aromatic carbocycles. The summed E-state index contributed by atoms with van der Waals surface area (Å²) >= 11 is 0. The average molecular weight is 209 g/mol. The molecular weight excluding hydrogens is 194 g/mol. The van der Waals surface area contributed by atoms with Crippen molar-refractivity contribution in [3.63, 3.8) is 0 Å². The van der Waals surface area contributed by atoms with Gasteiger partial charge >= 0.3 is 0 Å². The monoisotopic (exact) mass is 209 g/mol. The molecule has 0 aromatic rings. The molecule has 0 saturated carbocycles. The fraction of sp³-hybridized carbons (Fsp3) is 0.133. The molecule has 2 aliphatic carbocycles. The highest BCUT2D eigenvalue weighted by Crippen LogP contribution is 2.29. The van der Waals surface area contributed by atoms with Crippen molar-refractivity contribution in [2.24, 2.45) is 0 Å². The van der Waals surface area contributed by atoms with Gasteiger partial charge in [-0.25, -0.2) is 0 Å². The predicted molar refractivity (Wildman–Crippen MR) is 68.9 cm³/mol. The van der Waals surface area contributed by atoms with E-state index in [2.05, 4.69) is 43.3 Å². The molecule has 2 aliphatic rings. The summed E-state index contributed by atoms with van der Waals surface area (Å²) in [6, 6.07) is 0. The summed E-state index contributed by atoms with van der Waals surface area (Å²) in [4.78, 5) is 0. The van der Waals surface area contributed by atoms with Crippen LogP contribution in [0, 0.1) is 0 Å². The van der Waals surface area contributed by atoms with Gasteiger partial charge in [0.25, 0.3) is 0 Å². The first-order chi connectivity index (χ1) is 7.61. The van der Waals surface area contributed by atoms with Gasteiger partial charge in [0.15, 0.2) is 0 Å². The topological polar surface area (TPSA) is 12.0 Å². The van der Waals surface area contributed by atoms with E-state index >= 15 is 0 Å². The predicted octanol–water partition coefficient (Wildman–Crippen LogP) is 3.18. The minimum atomic E-state index is 0.950. The Kier molecular flexibility index (Phi) is 2.55. The standard InChI is InChI=1S/C15H15N/c1-10-7-13-8-14(12(3)11(10)2)5-6-15(9-13)16-4/h5-7,9,16H,2-3H2,1,4H3. The zero-order valence-electron chi connectivity index (χ0n) is 9.72. The number of nitrogens with one attached hydrogen (secondary N) is 1. The van der Waals surface area contributed by atoms with Crippen molar-refractivity contribution in [1.82, 2.24) is 5.32 Å². The third kappa shape index (κ3) is 1.73. The quantitative estimate of drug-likeness (QED) is 0.654. The first-order valence-corrected chi connectivity index (χ1v) is 5.27. The van der Waals surface area contributed by atoms with Crippen molar-refractivity contribution in [2.75, 3.05) is 7.05 Å². The van der Waals surface area contributed by atoms with Crippen LogP contribution in [0.4, 0.5) is 0 Å². The van der Waals surface area contributed by atoms with E-state index in [4.69, 9.17) is 0 Å². The average Bonchev–Trinajstić information content (AvgIpc) is 2.53. The van der Waals surface area contributed by atoms with Gasteiger partial charge in [-0.3, -0.25) is 0 Å². The molecular formula is C15H15N. The summed E-state index contributed by atoms with van der Waals surface area (Å²) in [6.45, 7) is 10.2. The van der Waals surface area contributed by atoms with Crippen LogP contribution in [0.15, 0.2) is 76.8 Å². The van der Waals surface area contributed by atoms with Crippen LogP contribution < -0.4 is 5.32 Å². The first-order valence-electron chi connectivity index (χ1n) is 5.27. The number of rotatable bonds is 1. The van der Waals surface area contributed by atoms with E-state index in [0.29, 0.717) is 0 Å². The van der Waals surface area contributed by atoms with Gasteiger partial charge < -0.3 is 5.32 Å². The molecule has 0 aromatic heterocycles. The number of hydrogen-bond acceptors (Lipinski definition) is 1. The summed E-state index contributed by atoms with van der Waals surface area (Å²) in [5.41, 5.74) is 9.57. The maximum Gasteiger partial charge on any atom is 0.0350 e. The van der Waals surface area contributed by atoms with Crippen molar-refractivity contribution in [2.45, 2.75) is 6.92 Å². The Labute approximate surface area is 96.6 Å². The van der Waals surface area contributed by atoms with Gasteiger partial charge in [0, 0.05) is 23.9 Å². The second-order valence-electron chi connectivity index (χ2n) is 3.96. The third-order valence-corrected chi connectivity index (χ3v) is 2.85. The summed E-state index contributed by atoms with van der Waals surface area (Å²) in [5.74, 6) is 0. The first kappa shape index (κ1) is 10.5. The Morgan fingerprint density at radius 1 is 1.12 bits per heavy atom. The van der Waals surface area contributed by atoms with Gasteiger partial charge in [0.05, 0.1) is 0 Å². The third-order valence-electron chi connectivity index (χ3n) is 2.85. The molecule has 0 radical (unpaired) electrons. The highest BCUT2D eigenvalue weighted by molar-refractivity contribution is 5.62. The summed E-state index contributed by atoms with van der Waals surface area (Å²) < 4.78 is 0. The molecule has 0 heterocycles. The smallest absolute Gasteiger partial charge is 0.0350 e. The van der Waals surface area contributed by atoms with E-state index in [1.807, 2.05) is 19.2 Å². The van der Waals surface area contributed by atoms with Crippen molar-refractivity contribution in [3.8, 4) is 0 Å². The van der Waals surface area contributed by atoms with Crippen LogP contribution >= 0.6 is 0 Å². The molecule has 80 valence electrons. The lowest BCUT2D eigenvalue weighted by molar-refractivity contribution is 1.03. The van der Waals surface area contributed by atoms with Crippen LogP contribution in [0.1, 0.15) is 6.92 Å². The largest absolute Gasteiger partial charge is 0.388 e. The highest BCUT2D eigenvalue weighted by Gasteiger charge is 2.11. The van der Waals surface area contributed by atoms with Crippen molar-refractivity contribution >= 4 is 0 Å². The van der Waals surface area contributed by atoms with Gasteiger partial charge in [-0.15, -0.1) is 5.73 Å². The van der Waals surface area contributed by atoms with Crippen molar-refractivity contribution in [3.05, 3.63) is 76.8 Å². The Hall–Kier alpha value is -1.98. The number of allylic oxidation sites excluding steroid dienone is 8. The molecule has 0 unspecified atom stereocenters. The van der Waals surface area contributed by atoms with Crippen molar-refractivity contribution < 1.29 is 0 Å². The fourth-order valence-corrected chi connectivity index (χ4v) is 1.75. The number of hydrogen-bond donors (Lipinski definition) is 1. The van der Waals surface area contributed by atoms with Crippen LogP contribution in [0.2, 0.25) is 0 Å². The Bertz CT molecular complexity index is 530. The summed E-state index contributed by atoms with van der Waals surface area (Å²) in [6.07, 6.45) is 8.21. The van der Waals surface area contributed by atoms with Gasteiger partial charge in [-0.2, -0.15) is 0 Å². The second kappa shape index (κ2) is 3.88. The normalized spacial score (nSPS) is 19.1. The Balaban J connectivity index is 2.62. The second-order valence-corrected chi connectivity index (χ2v) is 3.96. The van der Waals surface area contributed by atoms with Crippen LogP contribution in [0.25, 0.3) is 0 Å². The molecule has 0 spiro atoms. The Morgan fingerprint density at radius 2 is 1.88 bits per heavy atom. The molecule has 0 atom stereocenters. The number of likely N-dealkylation sites (N-methyl/N-ethyl adjacent to an activating group) is 1. The molecule has 2 rings (SSSR count). The van der Waals surface area contributed by atoms with Crippen molar-refractivity contribution in [1.29, 1.82) is 0 Å². The van der Waals surface area contributed by atoms with Gasteiger partial charge in [0.1, 0.15) is 0 Å². The van der Waals surface area contributed by atoms with E-state index in [0.717, 1.165) is 33.6 Å². The molecule has 1 heteroatoms. The molecule has 16 heavy (non-hydrogen) atoms. The zero-order chi connectivity index (χ0) is 11.7. The summed E-state index contributed by atoms with van der Waals surface area (Å²) in [5, 5.41) is 3.14. The lowest BCUT2D eigenvalue weighted by Gasteiger charge is -2.08. The molecule has 0 aliphatic heterocycles. The van der Waals surface area contributed by atoms with Gasteiger partial charge in [0.2, 0.25) is 0 Å². The minimum absolute atomic E-state index is 0.950. The lowest BCUT2D eigenvalue weighted by Crippen LogP contribution is -2.03. The van der Waals surface area contributed by atoms with Gasteiger partial charge in [-0.1, -0.05) is 13.2 Å². The fourth-order valence-electron chi connectivity index (χ4n) is 1.75. The molecule has 0 saturated heterocycles. The van der Waals surface area contributed by atoms with E-state index in [1.165, 1.54) is 0 Å². The van der Waals surface area contributed by atoms with Crippen LogP contribution in [0.5, 0.6) is 0 Å². The van der Waals surface area contributed by atoms with Crippen LogP contribution in [0.3, 0.4) is 0 Å². The lowest BCUT2D eigenvalue weighted by atomic mass is 9.96. The Morgan fingerprint density at radius 3 is 2.56 bits per heavy atom. The molecule has 0 fully saturated rings. The zero-order valence-corrected chi connectivity index (χ0v) is 9.72. The van der Waals surface area contributed by atoms with E-state index < -0.39 is 0 Å². The van der Waals surface area contributed by atoms with E-state index in [-0.39, 0.29) is 0 Å². The molecule has 2 bridgehead atoms. The maximum absolute atomic E-state index is 4.07. The maximum atomic E-state index is 4.07.